The van der Waals surface area contributed by atoms with Gasteiger partial charge in [-0.25, -0.2) is 12.7 Å². The van der Waals surface area contributed by atoms with Crippen molar-refractivity contribution in [1.82, 2.24) is 9.62 Å². The molecule has 1 heterocycles. The number of thioether (sulfide) groups is 1. The Bertz CT molecular complexity index is 426. The number of rotatable bonds is 5. The predicted molar refractivity (Wildman–Crippen MR) is 83.1 cm³/mol. The Morgan fingerprint density at radius 1 is 1.35 bits per heavy atom. The minimum Gasteiger partial charge on any atom is -0.354 e. The molecular weight excluding hydrogens is 298 g/mol. The quantitative estimate of drug-likeness (QED) is 0.734. The fourth-order valence-corrected chi connectivity index (χ4v) is 4.25. The van der Waals surface area contributed by atoms with E-state index in [1.807, 2.05) is 20.8 Å². The van der Waals surface area contributed by atoms with Gasteiger partial charge in [-0.15, -0.1) is 0 Å². The number of nitrogens with zero attached hydrogens (tertiary/aromatic N) is 1. The zero-order valence-corrected chi connectivity index (χ0v) is 14.0. The van der Waals surface area contributed by atoms with Crippen molar-refractivity contribution in [3.05, 3.63) is 0 Å². The minimum atomic E-state index is -3.28. The van der Waals surface area contributed by atoms with Gasteiger partial charge in [0.05, 0.1) is 11.8 Å². The lowest BCUT2D eigenvalue weighted by molar-refractivity contribution is -0.124. The predicted octanol–water partition coefficient (Wildman–Crippen LogP) is -0.145. The lowest BCUT2D eigenvalue weighted by Crippen LogP contribution is -2.50. The minimum absolute atomic E-state index is 0.0692. The van der Waals surface area contributed by atoms with E-state index in [1.165, 1.54) is 4.31 Å². The van der Waals surface area contributed by atoms with Crippen LogP contribution < -0.4 is 11.1 Å². The summed E-state index contributed by atoms with van der Waals surface area (Å²) in [4.78, 5) is 11.8. The lowest BCUT2D eigenvalue weighted by Gasteiger charge is -2.27. The van der Waals surface area contributed by atoms with Crippen LogP contribution in [0.5, 0.6) is 0 Å². The third kappa shape index (κ3) is 5.23. The Morgan fingerprint density at radius 3 is 2.40 bits per heavy atom. The molecule has 1 saturated heterocycles. The van der Waals surface area contributed by atoms with Gasteiger partial charge in [-0.3, -0.25) is 4.79 Å². The van der Waals surface area contributed by atoms with Crippen LogP contribution in [-0.2, 0) is 14.8 Å². The summed E-state index contributed by atoms with van der Waals surface area (Å²) in [7, 11) is -3.28. The first-order chi connectivity index (χ1) is 9.14. The fraction of sp³-hybridized carbons (Fsp3) is 0.917. The monoisotopic (exact) mass is 323 g/mol. The van der Waals surface area contributed by atoms with E-state index in [2.05, 4.69) is 5.32 Å². The molecule has 0 radical (unpaired) electrons. The number of hydrogen-bond acceptors (Lipinski definition) is 5. The van der Waals surface area contributed by atoms with Crippen molar-refractivity contribution in [2.45, 2.75) is 26.8 Å². The first kappa shape index (κ1) is 17.7. The van der Waals surface area contributed by atoms with Gasteiger partial charge >= 0.3 is 0 Å². The summed E-state index contributed by atoms with van der Waals surface area (Å²) in [6.45, 7) is 6.84. The van der Waals surface area contributed by atoms with Crippen molar-refractivity contribution in [2.24, 2.45) is 11.1 Å². The number of carbonyl (C=O) groups is 1. The van der Waals surface area contributed by atoms with E-state index in [0.29, 0.717) is 13.1 Å². The Morgan fingerprint density at radius 2 is 1.90 bits per heavy atom. The summed E-state index contributed by atoms with van der Waals surface area (Å²) in [6, 6.07) is -0.642. The summed E-state index contributed by atoms with van der Waals surface area (Å²) in [6.07, 6.45) is 0. The Kier molecular flexibility index (Phi) is 6.30. The highest BCUT2D eigenvalue weighted by atomic mass is 32.2. The SMILES string of the molecule is CC(C)(C)[C@H](N)C(=O)NCCS(=O)(=O)N1CCSCC1. The van der Waals surface area contributed by atoms with Gasteiger partial charge in [-0.2, -0.15) is 11.8 Å². The molecule has 1 aliphatic rings. The average molecular weight is 323 g/mol. The van der Waals surface area contributed by atoms with Crippen molar-refractivity contribution in [2.75, 3.05) is 36.9 Å². The Balaban J connectivity index is 2.41. The largest absolute Gasteiger partial charge is 0.354 e. The first-order valence-corrected chi connectivity index (χ1v) is 9.50. The molecule has 1 fully saturated rings. The lowest BCUT2D eigenvalue weighted by atomic mass is 9.87. The number of carbonyl (C=O) groups excluding carboxylic acids is 1. The molecule has 118 valence electrons. The zero-order chi connectivity index (χ0) is 15.4. The van der Waals surface area contributed by atoms with E-state index >= 15 is 0 Å². The van der Waals surface area contributed by atoms with E-state index in [-0.39, 0.29) is 23.6 Å². The van der Waals surface area contributed by atoms with Crippen LogP contribution in [0.3, 0.4) is 0 Å². The number of amides is 1. The van der Waals surface area contributed by atoms with E-state index in [4.69, 9.17) is 5.73 Å². The molecule has 0 spiro atoms. The molecule has 1 aliphatic heterocycles. The zero-order valence-electron chi connectivity index (χ0n) is 12.4. The molecule has 8 heteroatoms. The van der Waals surface area contributed by atoms with Crippen LogP contribution in [0, 0.1) is 5.41 Å². The standard InChI is InChI=1S/C12H25N3O3S2/c1-12(2,3)10(13)11(16)14-4-9-20(17,18)15-5-7-19-8-6-15/h10H,4-9,13H2,1-3H3,(H,14,16)/t10-/m1/s1. The molecule has 0 saturated carbocycles. The van der Waals surface area contributed by atoms with Gasteiger partial charge in [0.25, 0.3) is 0 Å². The molecule has 0 aromatic carbocycles. The van der Waals surface area contributed by atoms with E-state index < -0.39 is 16.1 Å². The van der Waals surface area contributed by atoms with Crippen LogP contribution in [0.15, 0.2) is 0 Å². The van der Waals surface area contributed by atoms with E-state index in [0.717, 1.165) is 11.5 Å². The molecule has 1 atom stereocenters. The highest BCUT2D eigenvalue weighted by Crippen LogP contribution is 2.17. The second kappa shape index (κ2) is 7.11. The molecule has 1 rings (SSSR count). The van der Waals surface area contributed by atoms with Crippen LogP contribution in [-0.4, -0.2) is 61.6 Å². The van der Waals surface area contributed by atoms with Crippen LogP contribution in [0.2, 0.25) is 0 Å². The van der Waals surface area contributed by atoms with E-state index in [9.17, 15) is 13.2 Å². The van der Waals surface area contributed by atoms with Crippen LogP contribution >= 0.6 is 11.8 Å². The highest BCUT2D eigenvalue weighted by Gasteiger charge is 2.28. The first-order valence-electron chi connectivity index (χ1n) is 6.73. The number of hydrogen-bond donors (Lipinski definition) is 2. The van der Waals surface area contributed by atoms with Crippen molar-refractivity contribution in [1.29, 1.82) is 0 Å². The molecule has 3 N–H and O–H groups in total. The maximum atomic E-state index is 12.1. The van der Waals surface area contributed by atoms with Crippen molar-refractivity contribution < 1.29 is 13.2 Å². The van der Waals surface area contributed by atoms with Crippen LogP contribution in [0.1, 0.15) is 20.8 Å². The van der Waals surface area contributed by atoms with Gasteiger partial charge in [0.15, 0.2) is 0 Å². The summed E-state index contributed by atoms with van der Waals surface area (Å²) < 4.78 is 25.6. The average Bonchev–Trinajstić information content (AvgIpc) is 2.37. The van der Waals surface area contributed by atoms with Gasteiger partial charge < -0.3 is 11.1 Å². The van der Waals surface area contributed by atoms with Crippen molar-refractivity contribution in [3.8, 4) is 0 Å². The molecule has 0 unspecified atom stereocenters. The molecular formula is C12H25N3O3S2. The normalized spacial score (nSPS) is 19.6. The maximum absolute atomic E-state index is 12.1. The van der Waals surface area contributed by atoms with Gasteiger partial charge in [-0.1, -0.05) is 20.8 Å². The third-order valence-corrected chi connectivity index (χ3v) is 6.05. The van der Waals surface area contributed by atoms with Gasteiger partial charge in [0, 0.05) is 31.1 Å². The van der Waals surface area contributed by atoms with Gasteiger partial charge in [-0.05, 0) is 5.41 Å². The highest BCUT2D eigenvalue weighted by molar-refractivity contribution is 7.99. The Hall–Kier alpha value is -0.310. The summed E-state index contributed by atoms with van der Waals surface area (Å²) >= 11 is 1.76. The van der Waals surface area contributed by atoms with E-state index in [1.54, 1.807) is 11.8 Å². The Labute approximate surface area is 125 Å². The van der Waals surface area contributed by atoms with Crippen molar-refractivity contribution >= 4 is 27.7 Å². The van der Waals surface area contributed by atoms with Gasteiger partial charge in [0.2, 0.25) is 15.9 Å². The van der Waals surface area contributed by atoms with Crippen molar-refractivity contribution in [3.63, 3.8) is 0 Å². The summed E-state index contributed by atoms with van der Waals surface area (Å²) in [5.41, 5.74) is 5.47. The fourth-order valence-electron chi connectivity index (χ4n) is 1.76. The number of nitrogens with one attached hydrogen (secondary N) is 1. The molecule has 1 amide bonds. The van der Waals surface area contributed by atoms with Crippen LogP contribution in [0.4, 0.5) is 0 Å². The number of sulfonamides is 1. The molecule has 0 aliphatic carbocycles. The van der Waals surface area contributed by atoms with Crippen LogP contribution in [0.25, 0.3) is 0 Å². The third-order valence-electron chi connectivity index (χ3n) is 3.24. The second-order valence-corrected chi connectivity index (χ2v) is 9.28. The number of nitrogens with two attached hydrogens (primary N) is 1. The molecule has 0 aromatic heterocycles. The molecule has 0 bridgehead atoms. The molecule has 0 aromatic rings. The summed E-state index contributed by atoms with van der Waals surface area (Å²) in [5, 5.41) is 2.61. The topological polar surface area (TPSA) is 92.5 Å². The maximum Gasteiger partial charge on any atom is 0.237 e. The second-order valence-electron chi connectivity index (χ2n) is 5.96. The summed E-state index contributed by atoms with van der Waals surface area (Å²) in [5.74, 6) is 1.29. The smallest absolute Gasteiger partial charge is 0.237 e. The molecule has 20 heavy (non-hydrogen) atoms. The molecule has 6 nitrogen and oxygen atoms in total. The van der Waals surface area contributed by atoms with Gasteiger partial charge in [0.1, 0.15) is 0 Å².